The van der Waals surface area contributed by atoms with Gasteiger partial charge in [0.15, 0.2) is 5.69 Å². The molecular formula is C10H10ClF6N3O. The van der Waals surface area contributed by atoms with Crippen LogP contribution in [0.5, 0.6) is 0 Å². The predicted octanol–water partition coefficient (Wildman–Crippen LogP) is 2.93. The van der Waals surface area contributed by atoms with Gasteiger partial charge in [-0.3, -0.25) is 9.48 Å². The molecule has 0 saturated carbocycles. The Morgan fingerprint density at radius 3 is 2.29 bits per heavy atom. The van der Waals surface area contributed by atoms with Crippen LogP contribution in [0.15, 0.2) is 0 Å². The van der Waals surface area contributed by atoms with Gasteiger partial charge in [-0.25, -0.2) is 0 Å². The molecule has 1 rings (SSSR count). The van der Waals surface area contributed by atoms with Crippen LogP contribution in [0, 0.1) is 6.92 Å². The lowest BCUT2D eigenvalue weighted by Crippen LogP contribution is -2.37. The van der Waals surface area contributed by atoms with E-state index in [1.165, 1.54) is 6.92 Å². The molecular weight excluding hydrogens is 328 g/mol. The molecule has 120 valence electrons. The second kappa shape index (κ2) is 6.12. The molecule has 0 aliphatic heterocycles. The number of aromatic nitrogens is 2. The van der Waals surface area contributed by atoms with Gasteiger partial charge in [-0.2, -0.15) is 31.4 Å². The summed E-state index contributed by atoms with van der Waals surface area (Å²) >= 11 is 5.50. The number of nitrogens with zero attached hydrogens (tertiary/aromatic N) is 2. The van der Waals surface area contributed by atoms with E-state index < -0.39 is 29.0 Å². The number of carbonyl (C=O) groups excluding carboxylic acids is 1. The van der Waals surface area contributed by atoms with E-state index in [1.807, 2.05) is 0 Å². The molecule has 4 nitrogen and oxygen atoms in total. The first-order valence-corrected chi connectivity index (χ1v) is 5.97. The largest absolute Gasteiger partial charge is 0.471 e. The zero-order valence-corrected chi connectivity index (χ0v) is 11.3. The fraction of sp³-hybridized carbons (Fsp3) is 0.600. The molecule has 1 heterocycles. The molecule has 0 saturated heterocycles. The minimum absolute atomic E-state index is 0.0298. The Bertz CT molecular complexity index is 522. The minimum Gasteiger partial charge on any atom is -0.348 e. The predicted molar refractivity (Wildman–Crippen MR) is 60.7 cm³/mol. The molecule has 0 fully saturated rings. The number of hydrogen-bond acceptors (Lipinski definition) is 2. The summed E-state index contributed by atoms with van der Waals surface area (Å²) in [7, 11) is 0. The van der Waals surface area contributed by atoms with Crippen LogP contribution < -0.4 is 5.32 Å². The Balaban J connectivity index is 2.60. The van der Waals surface area contributed by atoms with Gasteiger partial charge < -0.3 is 5.32 Å². The monoisotopic (exact) mass is 337 g/mol. The highest BCUT2D eigenvalue weighted by atomic mass is 35.5. The summed E-state index contributed by atoms with van der Waals surface area (Å²) in [5, 5.41) is 4.32. The molecule has 1 N–H and O–H groups in total. The number of amides is 1. The molecule has 21 heavy (non-hydrogen) atoms. The van der Waals surface area contributed by atoms with Crippen molar-refractivity contribution >= 4 is 17.5 Å². The van der Waals surface area contributed by atoms with Crippen LogP contribution in [0.25, 0.3) is 0 Å². The number of carbonyl (C=O) groups is 1. The first-order valence-electron chi connectivity index (χ1n) is 5.59. The van der Waals surface area contributed by atoms with Crippen molar-refractivity contribution in [3.63, 3.8) is 0 Å². The van der Waals surface area contributed by atoms with Gasteiger partial charge in [0.1, 0.15) is 0 Å². The van der Waals surface area contributed by atoms with E-state index in [0.29, 0.717) is 0 Å². The number of nitrogens with one attached hydrogen (secondary N) is 1. The molecule has 1 aromatic rings. The molecule has 0 bridgehead atoms. The Kier molecular flexibility index (Phi) is 5.13. The van der Waals surface area contributed by atoms with Crippen LogP contribution in [0.3, 0.4) is 0 Å². The quantitative estimate of drug-likeness (QED) is 0.678. The Morgan fingerprint density at radius 2 is 1.86 bits per heavy atom. The van der Waals surface area contributed by atoms with Gasteiger partial charge in [0, 0.05) is 13.1 Å². The van der Waals surface area contributed by atoms with Gasteiger partial charge in [0.05, 0.1) is 10.7 Å². The Morgan fingerprint density at radius 1 is 1.29 bits per heavy atom. The minimum atomic E-state index is -4.99. The summed E-state index contributed by atoms with van der Waals surface area (Å²) in [6.07, 6.45) is -9.73. The van der Waals surface area contributed by atoms with Crippen LogP contribution >= 0.6 is 11.6 Å². The number of alkyl halides is 6. The van der Waals surface area contributed by atoms with Crippen molar-refractivity contribution < 1.29 is 31.1 Å². The van der Waals surface area contributed by atoms with Gasteiger partial charge in [0.25, 0.3) is 0 Å². The number of aryl methyl sites for hydroxylation is 1. The van der Waals surface area contributed by atoms with Crippen molar-refractivity contribution in [1.29, 1.82) is 0 Å². The van der Waals surface area contributed by atoms with Crippen LogP contribution in [0.2, 0.25) is 5.02 Å². The fourth-order valence-electron chi connectivity index (χ4n) is 1.45. The van der Waals surface area contributed by atoms with E-state index in [4.69, 9.17) is 11.6 Å². The molecule has 0 aliphatic carbocycles. The van der Waals surface area contributed by atoms with E-state index in [0.717, 1.165) is 4.68 Å². The van der Waals surface area contributed by atoms with E-state index in [9.17, 15) is 31.1 Å². The van der Waals surface area contributed by atoms with Crippen molar-refractivity contribution in [2.75, 3.05) is 6.54 Å². The van der Waals surface area contributed by atoms with Gasteiger partial charge >= 0.3 is 18.3 Å². The van der Waals surface area contributed by atoms with E-state index in [2.05, 4.69) is 5.10 Å². The molecule has 0 atom stereocenters. The first kappa shape index (κ1) is 17.6. The SMILES string of the molecule is Cc1c(Cl)c(C(F)(F)F)nn1CCCNC(=O)C(F)(F)F. The maximum atomic E-state index is 12.5. The summed E-state index contributed by atoms with van der Waals surface area (Å²) in [4.78, 5) is 10.5. The second-order valence-electron chi connectivity index (χ2n) is 4.08. The second-order valence-corrected chi connectivity index (χ2v) is 4.45. The van der Waals surface area contributed by atoms with Crippen molar-refractivity contribution in [2.24, 2.45) is 0 Å². The lowest BCUT2D eigenvalue weighted by Gasteiger charge is -2.08. The highest BCUT2D eigenvalue weighted by Gasteiger charge is 2.39. The third kappa shape index (κ3) is 4.51. The molecule has 0 spiro atoms. The third-order valence-electron chi connectivity index (χ3n) is 2.49. The van der Waals surface area contributed by atoms with E-state index in [1.54, 1.807) is 5.32 Å². The van der Waals surface area contributed by atoms with Crippen molar-refractivity contribution in [3.05, 3.63) is 16.4 Å². The summed E-state index contributed by atoms with van der Waals surface area (Å²) in [6, 6.07) is 0. The zero-order chi connectivity index (χ0) is 16.4. The van der Waals surface area contributed by atoms with Crippen molar-refractivity contribution in [2.45, 2.75) is 32.2 Å². The van der Waals surface area contributed by atoms with Gasteiger partial charge in [-0.1, -0.05) is 11.6 Å². The molecule has 11 heteroatoms. The molecule has 1 aromatic heterocycles. The van der Waals surface area contributed by atoms with E-state index >= 15 is 0 Å². The van der Waals surface area contributed by atoms with Gasteiger partial charge in [-0.05, 0) is 13.3 Å². The zero-order valence-electron chi connectivity index (χ0n) is 10.6. The molecule has 1 amide bonds. The van der Waals surface area contributed by atoms with Crippen LogP contribution in [0.1, 0.15) is 17.8 Å². The number of halogens is 7. The Labute approximate surface area is 120 Å². The molecule has 0 unspecified atom stereocenters. The van der Waals surface area contributed by atoms with Crippen LogP contribution in [-0.2, 0) is 17.5 Å². The molecule has 0 aliphatic rings. The van der Waals surface area contributed by atoms with E-state index in [-0.39, 0.29) is 25.2 Å². The smallest absolute Gasteiger partial charge is 0.348 e. The summed E-state index contributed by atoms with van der Waals surface area (Å²) in [5.74, 6) is -2.10. The van der Waals surface area contributed by atoms with Gasteiger partial charge in [0.2, 0.25) is 0 Å². The number of rotatable bonds is 4. The fourth-order valence-corrected chi connectivity index (χ4v) is 1.70. The molecule has 0 radical (unpaired) electrons. The molecule has 0 aromatic carbocycles. The summed E-state index contributed by atoms with van der Waals surface area (Å²) in [5.41, 5.74) is -1.20. The van der Waals surface area contributed by atoms with Crippen molar-refractivity contribution in [1.82, 2.24) is 15.1 Å². The summed E-state index contributed by atoms with van der Waals surface area (Å²) < 4.78 is 74.1. The Hall–Kier alpha value is -1.45. The van der Waals surface area contributed by atoms with Crippen LogP contribution in [-0.4, -0.2) is 28.4 Å². The first-order chi connectivity index (χ1) is 9.44. The standard InChI is InChI=1S/C10H10ClF6N3O/c1-5-6(11)7(9(12,13)14)19-20(5)4-2-3-18-8(21)10(15,16)17/h2-4H2,1H3,(H,18,21). The normalized spacial score (nSPS) is 12.6. The highest BCUT2D eigenvalue weighted by Crippen LogP contribution is 2.35. The van der Waals surface area contributed by atoms with Crippen molar-refractivity contribution in [3.8, 4) is 0 Å². The topological polar surface area (TPSA) is 46.9 Å². The summed E-state index contributed by atoms with van der Waals surface area (Å²) in [6.45, 7) is 0.843. The van der Waals surface area contributed by atoms with Crippen LogP contribution in [0.4, 0.5) is 26.3 Å². The highest BCUT2D eigenvalue weighted by molar-refractivity contribution is 6.31. The average Bonchev–Trinajstić information content (AvgIpc) is 2.60. The number of hydrogen-bond donors (Lipinski definition) is 1. The lowest BCUT2D eigenvalue weighted by molar-refractivity contribution is -0.173. The maximum Gasteiger partial charge on any atom is 0.471 e. The average molecular weight is 338 g/mol. The lowest BCUT2D eigenvalue weighted by atomic mass is 10.3. The van der Waals surface area contributed by atoms with Gasteiger partial charge in [-0.15, -0.1) is 0 Å². The third-order valence-corrected chi connectivity index (χ3v) is 2.94. The maximum absolute atomic E-state index is 12.5.